The zero-order chi connectivity index (χ0) is 30.2. The lowest BCUT2D eigenvalue weighted by Crippen LogP contribution is -2.51. The first-order chi connectivity index (χ1) is 20.3. The Morgan fingerprint density at radius 1 is 0.619 bits per heavy atom. The van der Waals surface area contributed by atoms with Crippen LogP contribution in [0.25, 0.3) is 0 Å². The second-order valence-electron chi connectivity index (χ2n) is 9.28. The minimum Gasteiger partial charge on any atom is -0.467 e. The summed E-state index contributed by atoms with van der Waals surface area (Å²) in [5, 5.41) is 9.99. The molecule has 2 atom stereocenters. The van der Waals surface area contributed by atoms with Crippen molar-refractivity contribution in [3.63, 3.8) is 0 Å². The second kappa shape index (κ2) is 16.8. The molecule has 11 heteroatoms. The Bertz CT molecular complexity index is 1320. The van der Waals surface area contributed by atoms with E-state index in [-0.39, 0.29) is 19.4 Å². The number of benzene rings is 3. The van der Waals surface area contributed by atoms with Gasteiger partial charge in [0.25, 0.3) is 0 Å². The maximum atomic E-state index is 12.9. The molecule has 4 N–H and O–H groups in total. The summed E-state index contributed by atoms with van der Waals surface area (Å²) in [5.74, 6) is -2.47. The average molecular weight is 575 g/mol. The van der Waals surface area contributed by atoms with Crippen LogP contribution in [-0.4, -0.2) is 62.1 Å². The maximum Gasteiger partial charge on any atom is 0.408 e. The predicted molar refractivity (Wildman–Crippen MR) is 154 cm³/mol. The summed E-state index contributed by atoms with van der Waals surface area (Å²) in [6.45, 7) is -0.837. The number of nitrogens with one attached hydrogen (secondary N) is 4. The van der Waals surface area contributed by atoms with E-state index in [1.54, 1.807) is 24.3 Å². The highest BCUT2D eigenvalue weighted by Crippen LogP contribution is 2.06. The maximum absolute atomic E-state index is 12.9. The van der Waals surface area contributed by atoms with E-state index in [9.17, 15) is 24.0 Å². The number of hydrogen-bond acceptors (Lipinski definition) is 7. The van der Waals surface area contributed by atoms with Crippen molar-refractivity contribution in [2.45, 2.75) is 31.5 Å². The van der Waals surface area contributed by atoms with E-state index in [2.05, 4.69) is 21.3 Å². The first-order valence-corrected chi connectivity index (χ1v) is 13.3. The topological polar surface area (TPSA) is 152 Å². The van der Waals surface area contributed by atoms with Crippen LogP contribution in [-0.2, 0) is 48.1 Å². The van der Waals surface area contributed by atoms with Gasteiger partial charge in [-0.15, -0.1) is 0 Å². The van der Waals surface area contributed by atoms with Crippen LogP contribution >= 0.6 is 0 Å². The van der Waals surface area contributed by atoms with Gasteiger partial charge in [-0.1, -0.05) is 91.0 Å². The zero-order valence-electron chi connectivity index (χ0n) is 23.2. The lowest BCUT2D eigenvalue weighted by atomic mass is 10.1. The molecule has 3 rings (SSSR count). The molecule has 4 amide bonds. The van der Waals surface area contributed by atoms with Gasteiger partial charge in [-0.3, -0.25) is 14.4 Å². The predicted octanol–water partition coefficient (Wildman–Crippen LogP) is 1.66. The molecule has 42 heavy (non-hydrogen) atoms. The Hall–Kier alpha value is -5.19. The summed E-state index contributed by atoms with van der Waals surface area (Å²) in [7, 11) is 1.22. The molecule has 0 saturated heterocycles. The van der Waals surface area contributed by atoms with Crippen molar-refractivity contribution < 1.29 is 33.4 Å². The van der Waals surface area contributed by atoms with Gasteiger partial charge >= 0.3 is 12.1 Å². The van der Waals surface area contributed by atoms with Gasteiger partial charge in [0, 0.05) is 12.8 Å². The number of methoxy groups -OCH3 is 1. The fourth-order valence-corrected chi connectivity index (χ4v) is 3.93. The van der Waals surface area contributed by atoms with E-state index in [4.69, 9.17) is 9.47 Å². The minimum atomic E-state index is -1.02. The van der Waals surface area contributed by atoms with E-state index >= 15 is 0 Å². The van der Waals surface area contributed by atoms with Gasteiger partial charge in [0.15, 0.2) is 0 Å². The van der Waals surface area contributed by atoms with Crippen LogP contribution < -0.4 is 21.3 Å². The van der Waals surface area contributed by atoms with Gasteiger partial charge in [0.05, 0.1) is 20.2 Å². The normalized spacial score (nSPS) is 11.7. The molecule has 0 radical (unpaired) electrons. The molecule has 0 saturated carbocycles. The largest absolute Gasteiger partial charge is 0.467 e. The fourth-order valence-electron chi connectivity index (χ4n) is 3.93. The van der Waals surface area contributed by atoms with E-state index in [1.807, 2.05) is 66.7 Å². The highest BCUT2D eigenvalue weighted by Gasteiger charge is 2.24. The Labute approximate surface area is 244 Å². The van der Waals surface area contributed by atoms with Gasteiger partial charge < -0.3 is 30.7 Å². The van der Waals surface area contributed by atoms with Crippen LogP contribution in [0.3, 0.4) is 0 Å². The third-order valence-electron chi connectivity index (χ3n) is 6.08. The van der Waals surface area contributed by atoms with E-state index in [0.717, 1.165) is 16.7 Å². The van der Waals surface area contributed by atoms with Crippen LogP contribution in [0, 0.1) is 0 Å². The van der Waals surface area contributed by atoms with Crippen molar-refractivity contribution in [3.8, 4) is 0 Å². The standard InChI is InChI=1S/C31H34N4O7/c1-41-30(39)26(18-23-13-7-3-8-14-23)34-28(37)20-32-27(36)19-33-29(38)25(17-22-11-5-2-6-12-22)35-31(40)42-21-24-15-9-4-10-16-24/h2-16,25-26H,17-21H2,1H3,(H,32,36)(H,33,38)(H,34,37)(H,35,40)/t25-,26-/m0/s1. The van der Waals surface area contributed by atoms with Crippen molar-refractivity contribution >= 4 is 29.8 Å². The lowest BCUT2D eigenvalue weighted by Gasteiger charge is -2.19. The number of alkyl carbamates (subject to hydrolysis) is 1. The summed E-state index contributed by atoms with van der Waals surface area (Å²) in [6.07, 6.45) is -0.410. The Morgan fingerprint density at radius 2 is 1.12 bits per heavy atom. The number of carbonyl (C=O) groups is 5. The quantitative estimate of drug-likeness (QED) is 0.214. The van der Waals surface area contributed by atoms with Gasteiger partial charge in [-0.2, -0.15) is 0 Å². The molecule has 0 fully saturated rings. The molecule has 3 aromatic rings. The molecule has 0 heterocycles. The Balaban J connectivity index is 1.49. The van der Waals surface area contributed by atoms with Crippen LogP contribution in [0.2, 0.25) is 0 Å². The van der Waals surface area contributed by atoms with Gasteiger partial charge in [-0.25, -0.2) is 9.59 Å². The molecular formula is C31H34N4O7. The van der Waals surface area contributed by atoms with Gasteiger partial charge in [-0.05, 0) is 16.7 Å². The SMILES string of the molecule is COC(=O)[C@H](Cc1ccccc1)NC(=O)CNC(=O)CNC(=O)[C@H](Cc1ccccc1)NC(=O)OCc1ccccc1. The number of amides is 4. The first kappa shape index (κ1) is 31.3. The van der Waals surface area contributed by atoms with Crippen molar-refractivity contribution in [2.75, 3.05) is 20.2 Å². The molecule has 0 spiro atoms. The number of carbonyl (C=O) groups excluding carboxylic acids is 5. The van der Waals surface area contributed by atoms with Crippen molar-refractivity contribution in [2.24, 2.45) is 0 Å². The molecule has 220 valence electrons. The van der Waals surface area contributed by atoms with E-state index in [0.29, 0.717) is 0 Å². The van der Waals surface area contributed by atoms with Gasteiger partial charge in [0.1, 0.15) is 18.7 Å². The summed E-state index contributed by atoms with van der Waals surface area (Å²) in [5.41, 5.74) is 2.40. The first-order valence-electron chi connectivity index (χ1n) is 13.3. The van der Waals surface area contributed by atoms with Crippen LogP contribution in [0.5, 0.6) is 0 Å². The van der Waals surface area contributed by atoms with Crippen molar-refractivity contribution in [1.82, 2.24) is 21.3 Å². The summed E-state index contributed by atoms with van der Waals surface area (Å²) in [4.78, 5) is 62.3. The minimum absolute atomic E-state index is 0.0268. The zero-order valence-corrected chi connectivity index (χ0v) is 23.2. The smallest absolute Gasteiger partial charge is 0.408 e. The number of esters is 1. The molecule has 0 aliphatic heterocycles. The van der Waals surface area contributed by atoms with Crippen molar-refractivity contribution in [1.29, 1.82) is 0 Å². The van der Waals surface area contributed by atoms with Gasteiger partial charge in [0.2, 0.25) is 17.7 Å². The Kier molecular flexibility index (Phi) is 12.5. The molecule has 0 aliphatic carbocycles. The fraction of sp³-hybridized carbons (Fsp3) is 0.258. The molecule has 3 aromatic carbocycles. The van der Waals surface area contributed by atoms with Crippen molar-refractivity contribution in [3.05, 3.63) is 108 Å². The number of rotatable bonds is 14. The lowest BCUT2D eigenvalue weighted by molar-refractivity contribution is -0.145. The molecule has 11 nitrogen and oxygen atoms in total. The Morgan fingerprint density at radius 3 is 1.67 bits per heavy atom. The number of hydrogen-bond donors (Lipinski definition) is 4. The third-order valence-corrected chi connectivity index (χ3v) is 6.08. The highest BCUT2D eigenvalue weighted by molar-refractivity contribution is 5.92. The van der Waals surface area contributed by atoms with E-state index in [1.165, 1.54) is 7.11 Å². The highest BCUT2D eigenvalue weighted by atomic mass is 16.5. The number of ether oxygens (including phenoxy) is 2. The summed E-state index contributed by atoms with van der Waals surface area (Å²) >= 11 is 0. The van der Waals surface area contributed by atoms with Crippen LogP contribution in [0.15, 0.2) is 91.0 Å². The molecule has 0 bridgehead atoms. The average Bonchev–Trinajstić information content (AvgIpc) is 3.02. The van der Waals surface area contributed by atoms with Crippen LogP contribution in [0.4, 0.5) is 4.79 Å². The van der Waals surface area contributed by atoms with Crippen LogP contribution in [0.1, 0.15) is 16.7 Å². The molecule has 0 aliphatic rings. The summed E-state index contributed by atoms with van der Waals surface area (Å²) < 4.78 is 10.0. The monoisotopic (exact) mass is 574 g/mol. The molecule has 0 aromatic heterocycles. The second-order valence-corrected chi connectivity index (χ2v) is 9.28. The molecule has 0 unspecified atom stereocenters. The molecular weight excluding hydrogens is 540 g/mol. The third kappa shape index (κ3) is 11.1. The van der Waals surface area contributed by atoms with E-state index < -0.39 is 55.0 Å². The summed E-state index contributed by atoms with van der Waals surface area (Å²) in [6, 6.07) is 25.3.